The Hall–Kier alpha value is -2.66. The van der Waals surface area contributed by atoms with E-state index in [-0.39, 0.29) is 0 Å². The SMILES string of the molecule is c1cncc(CN2CCc3cnc(-c4ccncc4)nc3C2)c1. The summed E-state index contributed by atoms with van der Waals surface area (Å²) in [5.74, 6) is 0.773. The maximum Gasteiger partial charge on any atom is 0.159 e. The molecular weight excluding hydrogens is 286 g/mol. The highest BCUT2D eigenvalue weighted by molar-refractivity contribution is 5.54. The minimum Gasteiger partial charge on any atom is -0.293 e. The summed E-state index contributed by atoms with van der Waals surface area (Å²) in [4.78, 5) is 19.9. The standard InChI is InChI=1S/C18H17N5/c1-2-14(10-20-6-1)12-23-9-5-16-11-21-18(22-17(16)13-23)15-3-7-19-8-4-15/h1-4,6-8,10-11H,5,9,12-13H2. The Kier molecular flexibility index (Phi) is 3.78. The molecule has 4 heterocycles. The molecule has 0 amide bonds. The van der Waals surface area contributed by atoms with Crippen molar-refractivity contribution in [3.63, 3.8) is 0 Å². The monoisotopic (exact) mass is 303 g/mol. The van der Waals surface area contributed by atoms with Gasteiger partial charge in [0.1, 0.15) is 0 Å². The lowest BCUT2D eigenvalue weighted by Crippen LogP contribution is -2.31. The fourth-order valence-corrected chi connectivity index (χ4v) is 2.88. The summed E-state index contributed by atoms with van der Waals surface area (Å²) < 4.78 is 0. The minimum absolute atomic E-state index is 0.773. The molecular formula is C18H17N5. The highest BCUT2D eigenvalue weighted by Gasteiger charge is 2.19. The molecule has 5 heteroatoms. The van der Waals surface area contributed by atoms with E-state index in [1.165, 1.54) is 11.1 Å². The first kappa shape index (κ1) is 14.0. The largest absolute Gasteiger partial charge is 0.293 e. The Balaban J connectivity index is 1.56. The second-order valence-electron chi connectivity index (χ2n) is 5.72. The smallest absolute Gasteiger partial charge is 0.159 e. The Morgan fingerprint density at radius 2 is 1.91 bits per heavy atom. The number of hydrogen-bond donors (Lipinski definition) is 0. The summed E-state index contributed by atoms with van der Waals surface area (Å²) in [7, 11) is 0. The highest BCUT2D eigenvalue weighted by Crippen LogP contribution is 2.21. The molecule has 0 N–H and O–H groups in total. The Labute approximate surface area is 135 Å². The maximum atomic E-state index is 4.78. The molecule has 0 saturated carbocycles. The van der Waals surface area contributed by atoms with Crippen LogP contribution in [0.2, 0.25) is 0 Å². The van der Waals surface area contributed by atoms with Gasteiger partial charge in [-0.25, -0.2) is 9.97 Å². The van der Waals surface area contributed by atoms with Gasteiger partial charge in [0.05, 0.1) is 5.69 Å². The first-order chi connectivity index (χ1) is 11.4. The van der Waals surface area contributed by atoms with Crippen LogP contribution >= 0.6 is 0 Å². The maximum absolute atomic E-state index is 4.78. The third-order valence-corrected chi connectivity index (χ3v) is 4.09. The van der Waals surface area contributed by atoms with Gasteiger partial charge in [0, 0.05) is 56.2 Å². The van der Waals surface area contributed by atoms with Crippen LogP contribution < -0.4 is 0 Å². The number of aromatic nitrogens is 4. The van der Waals surface area contributed by atoms with Crippen LogP contribution in [0.5, 0.6) is 0 Å². The summed E-state index contributed by atoms with van der Waals surface area (Å²) in [5, 5.41) is 0. The van der Waals surface area contributed by atoms with Crippen molar-refractivity contribution in [1.82, 2.24) is 24.8 Å². The minimum atomic E-state index is 0.773. The molecule has 0 unspecified atom stereocenters. The molecule has 3 aromatic heterocycles. The average molecular weight is 303 g/mol. The number of nitrogens with zero attached hydrogens (tertiary/aromatic N) is 5. The number of pyridine rings is 2. The van der Waals surface area contributed by atoms with E-state index in [0.717, 1.165) is 43.1 Å². The quantitative estimate of drug-likeness (QED) is 0.744. The molecule has 4 rings (SSSR count). The average Bonchev–Trinajstić information content (AvgIpc) is 2.63. The predicted octanol–water partition coefficient (Wildman–Crippen LogP) is 2.49. The van der Waals surface area contributed by atoms with E-state index in [4.69, 9.17) is 4.98 Å². The van der Waals surface area contributed by atoms with Crippen LogP contribution in [-0.4, -0.2) is 31.4 Å². The molecule has 0 aromatic carbocycles. The fraction of sp³-hybridized carbons (Fsp3) is 0.222. The highest BCUT2D eigenvalue weighted by atomic mass is 15.1. The number of fused-ring (bicyclic) bond motifs is 1. The molecule has 0 radical (unpaired) electrons. The lowest BCUT2D eigenvalue weighted by atomic mass is 10.1. The van der Waals surface area contributed by atoms with Crippen LogP contribution in [0.4, 0.5) is 0 Å². The molecule has 23 heavy (non-hydrogen) atoms. The van der Waals surface area contributed by atoms with Crippen molar-refractivity contribution < 1.29 is 0 Å². The molecule has 5 nitrogen and oxygen atoms in total. The van der Waals surface area contributed by atoms with Crippen molar-refractivity contribution in [2.45, 2.75) is 19.5 Å². The Morgan fingerprint density at radius 1 is 1.00 bits per heavy atom. The molecule has 114 valence electrons. The van der Waals surface area contributed by atoms with Crippen molar-refractivity contribution in [3.8, 4) is 11.4 Å². The lowest BCUT2D eigenvalue weighted by molar-refractivity contribution is 0.241. The predicted molar refractivity (Wildman–Crippen MR) is 87.3 cm³/mol. The molecule has 1 aliphatic heterocycles. The first-order valence-corrected chi connectivity index (χ1v) is 7.75. The lowest BCUT2D eigenvalue weighted by Gasteiger charge is -2.27. The van der Waals surface area contributed by atoms with Gasteiger partial charge in [0.25, 0.3) is 0 Å². The molecule has 0 atom stereocenters. The summed E-state index contributed by atoms with van der Waals surface area (Å²) in [6.45, 7) is 2.78. The van der Waals surface area contributed by atoms with Crippen molar-refractivity contribution in [3.05, 3.63) is 72.1 Å². The molecule has 0 fully saturated rings. The van der Waals surface area contributed by atoms with Crippen LogP contribution in [0.1, 0.15) is 16.8 Å². The first-order valence-electron chi connectivity index (χ1n) is 7.75. The van der Waals surface area contributed by atoms with Crippen LogP contribution in [0.3, 0.4) is 0 Å². The Bertz CT molecular complexity index is 789. The fourth-order valence-electron chi connectivity index (χ4n) is 2.88. The van der Waals surface area contributed by atoms with Gasteiger partial charge in [-0.05, 0) is 35.7 Å². The summed E-state index contributed by atoms with van der Waals surface area (Å²) >= 11 is 0. The van der Waals surface area contributed by atoms with Crippen molar-refractivity contribution in [1.29, 1.82) is 0 Å². The normalized spacial score (nSPS) is 14.4. The zero-order chi connectivity index (χ0) is 15.5. The molecule has 0 bridgehead atoms. The summed E-state index contributed by atoms with van der Waals surface area (Å²) in [6.07, 6.45) is 10.2. The molecule has 3 aromatic rings. The van der Waals surface area contributed by atoms with E-state index < -0.39 is 0 Å². The molecule has 0 aliphatic carbocycles. The summed E-state index contributed by atoms with van der Waals surface area (Å²) in [6, 6.07) is 7.98. The second kappa shape index (κ2) is 6.22. The van der Waals surface area contributed by atoms with Gasteiger partial charge in [-0.1, -0.05) is 6.07 Å². The zero-order valence-corrected chi connectivity index (χ0v) is 12.8. The van der Waals surface area contributed by atoms with Crippen LogP contribution in [0, 0.1) is 0 Å². The van der Waals surface area contributed by atoms with E-state index >= 15 is 0 Å². The van der Waals surface area contributed by atoms with E-state index in [0.29, 0.717) is 0 Å². The van der Waals surface area contributed by atoms with Crippen LogP contribution in [0.25, 0.3) is 11.4 Å². The van der Waals surface area contributed by atoms with Crippen LogP contribution in [0.15, 0.2) is 55.2 Å². The molecule has 0 spiro atoms. The van der Waals surface area contributed by atoms with Gasteiger partial charge in [0.15, 0.2) is 5.82 Å². The van der Waals surface area contributed by atoms with Crippen molar-refractivity contribution in [2.24, 2.45) is 0 Å². The Morgan fingerprint density at radius 3 is 2.74 bits per heavy atom. The summed E-state index contributed by atoms with van der Waals surface area (Å²) in [5.41, 5.74) is 4.62. The van der Waals surface area contributed by atoms with Gasteiger partial charge in [-0.2, -0.15) is 0 Å². The van der Waals surface area contributed by atoms with E-state index in [2.05, 4.69) is 25.9 Å². The van der Waals surface area contributed by atoms with Gasteiger partial charge in [-0.15, -0.1) is 0 Å². The van der Waals surface area contributed by atoms with Crippen LogP contribution in [-0.2, 0) is 19.5 Å². The van der Waals surface area contributed by atoms with Gasteiger partial charge in [-0.3, -0.25) is 14.9 Å². The number of rotatable bonds is 3. The number of hydrogen-bond acceptors (Lipinski definition) is 5. The van der Waals surface area contributed by atoms with E-state index in [1.54, 1.807) is 12.4 Å². The van der Waals surface area contributed by atoms with E-state index in [1.807, 2.05) is 36.8 Å². The second-order valence-corrected chi connectivity index (χ2v) is 5.72. The third kappa shape index (κ3) is 3.10. The molecule has 1 aliphatic rings. The van der Waals surface area contributed by atoms with E-state index in [9.17, 15) is 0 Å². The van der Waals surface area contributed by atoms with Crippen molar-refractivity contribution >= 4 is 0 Å². The zero-order valence-electron chi connectivity index (χ0n) is 12.8. The van der Waals surface area contributed by atoms with Gasteiger partial charge >= 0.3 is 0 Å². The van der Waals surface area contributed by atoms with Gasteiger partial charge in [0.2, 0.25) is 0 Å². The van der Waals surface area contributed by atoms with Crippen molar-refractivity contribution in [2.75, 3.05) is 6.54 Å². The topological polar surface area (TPSA) is 54.8 Å². The third-order valence-electron chi connectivity index (χ3n) is 4.09. The van der Waals surface area contributed by atoms with Gasteiger partial charge < -0.3 is 0 Å². The molecule has 0 saturated heterocycles.